The molecule has 0 unspecified atom stereocenters. The zero-order valence-electron chi connectivity index (χ0n) is 24.3. The second kappa shape index (κ2) is 14.4. The van der Waals surface area contributed by atoms with Crippen molar-refractivity contribution < 1.29 is 27.5 Å². The minimum atomic E-state index is -4.27. The summed E-state index contributed by atoms with van der Waals surface area (Å²) in [5.74, 6) is -0.299. The van der Waals surface area contributed by atoms with Crippen molar-refractivity contribution in [3.05, 3.63) is 120 Å². The van der Waals surface area contributed by atoms with Crippen LogP contribution in [-0.4, -0.2) is 59.0 Å². The molecule has 0 aliphatic carbocycles. The average molecular weight is 602 g/mol. The van der Waals surface area contributed by atoms with E-state index in [2.05, 4.69) is 5.32 Å². The Morgan fingerprint density at radius 3 is 1.88 bits per heavy atom. The Hall–Kier alpha value is -4.83. The summed E-state index contributed by atoms with van der Waals surface area (Å²) in [4.78, 5) is 28.9. The van der Waals surface area contributed by atoms with E-state index in [0.29, 0.717) is 11.4 Å². The molecular weight excluding hydrogens is 566 g/mol. The molecule has 0 bridgehead atoms. The van der Waals surface area contributed by atoms with Crippen LogP contribution in [0.5, 0.6) is 11.5 Å². The van der Waals surface area contributed by atoms with Gasteiger partial charge < -0.3 is 19.7 Å². The fraction of sp³-hybridized carbons (Fsp3) is 0.212. The summed E-state index contributed by atoms with van der Waals surface area (Å²) in [6.07, 6.45) is 0.243. The molecule has 0 aliphatic rings. The normalized spacial score (nSPS) is 11.7. The number of ether oxygens (including phenoxy) is 2. The molecule has 4 aromatic carbocycles. The summed E-state index contributed by atoms with van der Waals surface area (Å²) >= 11 is 0. The summed E-state index contributed by atoms with van der Waals surface area (Å²) in [7, 11) is 0.119. The Bertz CT molecular complexity index is 1620. The van der Waals surface area contributed by atoms with Crippen molar-refractivity contribution in [2.75, 3.05) is 32.1 Å². The minimum absolute atomic E-state index is 0.0800. The monoisotopic (exact) mass is 601 g/mol. The van der Waals surface area contributed by atoms with Gasteiger partial charge in [0.1, 0.15) is 12.6 Å². The van der Waals surface area contributed by atoms with E-state index in [-0.39, 0.29) is 29.5 Å². The van der Waals surface area contributed by atoms with Crippen LogP contribution in [0.15, 0.2) is 114 Å². The first kappa shape index (κ1) is 31.1. The first-order chi connectivity index (χ1) is 20.8. The maximum Gasteiger partial charge on any atom is 0.264 e. The van der Waals surface area contributed by atoms with Crippen LogP contribution in [-0.2, 0) is 32.6 Å². The number of anilines is 1. The predicted molar refractivity (Wildman–Crippen MR) is 166 cm³/mol. The smallest absolute Gasteiger partial charge is 0.264 e. The largest absolute Gasteiger partial charge is 0.493 e. The third-order valence-corrected chi connectivity index (χ3v) is 8.75. The Morgan fingerprint density at radius 2 is 1.33 bits per heavy atom. The van der Waals surface area contributed by atoms with E-state index >= 15 is 0 Å². The number of amides is 2. The van der Waals surface area contributed by atoms with Gasteiger partial charge in [0.15, 0.2) is 11.5 Å². The molecule has 0 saturated heterocycles. The van der Waals surface area contributed by atoms with Crippen molar-refractivity contribution in [1.82, 2.24) is 10.2 Å². The van der Waals surface area contributed by atoms with Crippen molar-refractivity contribution in [3.63, 3.8) is 0 Å². The molecule has 0 aliphatic heterocycles. The second-order valence-corrected chi connectivity index (χ2v) is 11.6. The van der Waals surface area contributed by atoms with Crippen molar-refractivity contribution >= 4 is 27.5 Å². The molecule has 0 fully saturated rings. The van der Waals surface area contributed by atoms with Crippen molar-refractivity contribution in [3.8, 4) is 11.5 Å². The molecule has 4 aromatic rings. The van der Waals surface area contributed by atoms with Crippen LogP contribution in [0.3, 0.4) is 0 Å². The van der Waals surface area contributed by atoms with E-state index in [9.17, 15) is 18.0 Å². The molecule has 0 saturated carbocycles. The van der Waals surface area contributed by atoms with Crippen LogP contribution >= 0.6 is 0 Å². The van der Waals surface area contributed by atoms with Crippen LogP contribution in [0.4, 0.5) is 5.69 Å². The number of hydrogen-bond donors (Lipinski definition) is 1. The molecule has 1 N–H and O–H groups in total. The number of sulfonamides is 1. The van der Waals surface area contributed by atoms with Gasteiger partial charge in [-0.25, -0.2) is 8.42 Å². The number of hydrogen-bond acceptors (Lipinski definition) is 6. The van der Waals surface area contributed by atoms with Gasteiger partial charge in [-0.05, 0) is 35.4 Å². The minimum Gasteiger partial charge on any atom is -0.493 e. The molecule has 10 heteroatoms. The Kier molecular flexibility index (Phi) is 10.4. The van der Waals surface area contributed by atoms with Crippen LogP contribution in [0.25, 0.3) is 0 Å². The highest BCUT2D eigenvalue weighted by atomic mass is 32.2. The number of para-hydroxylation sites is 1. The second-order valence-electron chi connectivity index (χ2n) is 9.69. The van der Waals surface area contributed by atoms with Gasteiger partial charge in [0.25, 0.3) is 10.0 Å². The van der Waals surface area contributed by atoms with Gasteiger partial charge in [-0.2, -0.15) is 0 Å². The van der Waals surface area contributed by atoms with Crippen LogP contribution < -0.4 is 19.1 Å². The summed E-state index contributed by atoms with van der Waals surface area (Å²) < 4.78 is 40.0. The van der Waals surface area contributed by atoms with E-state index in [1.54, 1.807) is 30.3 Å². The van der Waals surface area contributed by atoms with Gasteiger partial charge in [0.05, 0.1) is 24.8 Å². The average Bonchev–Trinajstić information content (AvgIpc) is 3.05. The number of nitrogens with one attached hydrogen (secondary N) is 1. The van der Waals surface area contributed by atoms with E-state index in [1.165, 1.54) is 44.4 Å². The van der Waals surface area contributed by atoms with Crippen molar-refractivity contribution in [2.45, 2.75) is 23.9 Å². The van der Waals surface area contributed by atoms with Gasteiger partial charge in [0.2, 0.25) is 11.8 Å². The van der Waals surface area contributed by atoms with E-state index in [0.717, 1.165) is 15.4 Å². The Balaban J connectivity index is 1.78. The van der Waals surface area contributed by atoms with E-state index < -0.39 is 28.5 Å². The SMILES string of the molecule is CNC(=O)[C@H](Cc1ccccc1)N(Cc1ccccc1)C(=O)CN(c1ccccc1)S(=O)(=O)c1ccc(OC)c(OC)c1. The molecule has 0 heterocycles. The van der Waals surface area contributed by atoms with Gasteiger partial charge in [-0.1, -0.05) is 78.9 Å². The Labute approximate surface area is 252 Å². The lowest BCUT2D eigenvalue weighted by atomic mass is 10.0. The quantitative estimate of drug-likeness (QED) is 0.245. The van der Waals surface area contributed by atoms with E-state index in [4.69, 9.17) is 9.47 Å². The first-order valence-corrected chi connectivity index (χ1v) is 15.1. The number of nitrogens with zero attached hydrogens (tertiary/aromatic N) is 2. The standard InChI is InChI=1S/C33H35N3O6S/c1-34-33(38)29(21-25-13-7-4-8-14-25)35(23-26-15-9-5-10-16-26)32(37)24-36(27-17-11-6-12-18-27)43(39,40)28-19-20-30(41-2)31(22-28)42-3/h4-20,22,29H,21,23-24H2,1-3H3,(H,34,38)/t29-/m0/s1. The summed E-state index contributed by atoms with van der Waals surface area (Å²) in [6, 6.07) is 30.4. The van der Waals surface area contributed by atoms with Crippen LogP contribution in [0, 0.1) is 0 Å². The van der Waals surface area contributed by atoms with Crippen LogP contribution in [0.1, 0.15) is 11.1 Å². The molecule has 2 amide bonds. The third-order valence-electron chi connectivity index (χ3n) is 6.98. The zero-order valence-corrected chi connectivity index (χ0v) is 25.2. The molecule has 4 rings (SSSR count). The fourth-order valence-electron chi connectivity index (χ4n) is 4.73. The molecular formula is C33H35N3O6S. The Morgan fingerprint density at radius 1 is 0.767 bits per heavy atom. The van der Waals surface area contributed by atoms with Crippen LogP contribution in [0.2, 0.25) is 0 Å². The van der Waals surface area contributed by atoms with Crippen molar-refractivity contribution in [2.24, 2.45) is 0 Å². The molecule has 224 valence electrons. The maximum absolute atomic E-state index is 14.3. The van der Waals surface area contributed by atoms with Gasteiger partial charge in [0, 0.05) is 26.1 Å². The molecule has 0 aromatic heterocycles. The number of methoxy groups -OCH3 is 2. The highest BCUT2D eigenvalue weighted by molar-refractivity contribution is 7.92. The lowest BCUT2D eigenvalue weighted by Crippen LogP contribution is -2.53. The third kappa shape index (κ3) is 7.52. The molecule has 1 atom stereocenters. The lowest BCUT2D eigenvalue weighted by Gasteiger charge is -2.33. The number of benzene rings is 4. The summed E-state index contributed by atoms with van der Waals surface area (Å²) in [5, 5.41) is 2.68. The summed E-state index contributed by atoms with van der Waals surface area (Å²) in [5.41, 5.74) is 1.96. The molecule has 0 spiro atoms. The summed E-state index contributed by atoms with van der Waals surface area (Å²) in [6.45, 7) is -0.445. The first-order valence-electron chi connectivity index (χ1n) is 13.7. The van der Waals surface area contributed by atoms with Gasteiger partial charge >= 0.3 is 0 Å². The zero-order chi connectivity index (χ0) is 30.8. The predicted octanol–water partition coefficient (Wildman–Crippen LogP) is 4.29. The lowest BCUT2D eigenvalue weighted by molar-refractivity contribution is -0.139. The number of carbonyl (C=O) groups is 2. The number of likely N-dealkylation sites (N-methyl/N-ethyl adjacent to an activating group) is 1. The molecule has 0 radical (unpaired) electrons. The molecule has 43 heavy (non-hydrogen) atoms. The van der Waals surface area contributed by atoms with E-state index in [1.807, 2.05) is 60.7 Å². The van der Waals surface area contributed by atoms with Gasteiger partial charge in [-0.15, -0.1) is 0 Å². The van der Waals surface area contributed by atoms with Crippen molar-refractivity contribution in [1.29, 1.82) is 0 Å². The topological polar surface area (TPSA) is 105 Å². The number of rotatable bonds is 13. The number of carbonyl (C=O) groups excluding carboxylic acids is 2. The maximum atomic E-state index is 14.3. The molecule has 9 nitrogen and oxygen atoms in total. The highest BCUT2D eigenvalue weighted by Gasteiger charge is 2.34. The highest BCUT2D eigenvalue weighted by Crippen LogP contribution is 2.32. The fourth-order valence-corrected chi connectivity index (χ4v) is 6.16. The van der Waals surface area contributed by atoms with Gasteiger partial charge in [-0.3, -0.25) is 13.9 Å².